The molecule has 1 saturated heterocycles. The Bertz CT molecular complexity index is 129. The summed E-state index contributed by atoms with van der Waals surface area (Å²) in [7, 11) is 1.97. The SMILES string of the molecule is CCCC(CNC)OCC1CCCO1. The topological polar surface area (TPSA) is 30.5 Å². The van der Waals surface area contributed by atoms with E-state index in [9.17, 15) is 0 Å². The highest BCUT2D eigenvalue weighted by Gasteiger charge is 2.17. The summed E-state index contributed by atoms with van der Waals surface area (Å²) in [6, 6.07) is 0. The van der Waals surface area contributed by atoms with Crippen LogP contribution < -0.4 is 5.32 Å². The number of hydrogen-bond acceptors (Lipinski definition) is 3. The van der Waals surface area contributed by atoms with Crippen LogP contribution in [-0.4, -0.2) is 39.0 Å². The summed E-state index contributed by atoms with van der Waals surface area (Å²) in [5.41, 5.74) is 0. The van der Waals surface area contributed by atoms with Gasteiger partial charge in [0.05, 0.1) is 18.8 Å². The summed E-state index contributed by atoms with van der Waals surface area (Å²) in [5, 5.41) is 3.16. The zero-order valence-corrected chi connectivity index (χ0v) is 9.42. The Morgan fingerprint density at radius 2 is 2.43 bits per heavy atom. The summed E-state index contributed by atoms with van der Waals surface area (Å²) >= 11 is 0. The first-order valence-corrected chi connectivity index (χ1v) is 5.74. The molecular formula is C11H23NO2. The van der Waals surface area contributed by atoms with Gasteiger partial charge in [0, 0.05) is 13.2 Å². The molecule has 0 aromatic carbocycles. The van der Waals surface area contributed by atoms with Crippen LogP contribution in [0.2, 0.25) is 0 Å². The molecule has 1 heterocycles. The maximum atomic E-state index is 5.82. The lowest BCUT2D eigenvalue weighted by molar-refractivity contribution is -0.0221. The summed E-state index contributed by atoms with van der Waals surface area (Å²) < 4.78 is 11.3. The summed E-state index contributed by atoms with van der Waals surface area (Å²) in [6.07, 6.45) is 5.38. The van der Waals surface area contributed by atoms with Gasteiger partial charge in [0.1, 0.15) is 0 Å². The fourth-order valence-corrected chi connectivity index (χ4v) is 1.81. The van der Waals surface area contributed by atoms with Gasteiger partial charge in [0.15, 0.2) is 0 Å². The first-order valence-electron chi connectivity index (χ1n) is 5.74. The van der Waals surface area contributed by atoms with Gasteiger partial charge in [0.25, 0.3) is 0 Å². The van der Waals surface area contributed by atoms with Gasteiger partial charge >= 0.3 is 0 Å². The Morgan fingerprint density at radius 3 is 3.00 bits per heavy atom. The van der Waals surface area contributed by atoms with E-state index >= 15 is 0 Å². The fraction of sp³-hybridized carbons (Fsp3) is 1.00. The van der Waals surface area contributed by atoms with Crippen molar-refractivity contribution in [1.82, 2.24) is 5.32 Å². The molecule has 1 N–H and O–H groups in total. The molecule has 0 saturated carbocycles. The average molecular weight is 201 g/mol. The van der Waals surface area contributed by atoms with E-state index in [0.29, 0.717) is 12.2 Å². The van der Waals surface area contributed by atoms with Crippen LogP contribution in [0.5, 0.6) is 0 Å². The van der Waals surface area contributed by atoms with E-state index in [-0.39, 0.29) is 0 Å². The van der Waals surface area contributed by atoms with Crippen LogP contribution in [0.1, 0.15) is 32.6 Å². The first-order chi connectivity index (χ1) is 6.86. The molecule has 0 amide bonds. The minimum absolute atomic E-state index is 0.353. The Balaban J connectivity index is 2.10. The van der Waals surface area contributed by atoms with E-state index in [1.807, 2.05) is 7.05 Å². The van der Waals surface area contributed by atoms with E-state index in [4.69, 9.17) is 9.47 Å². The predicted molar refractivity (Wildman–Crippen MR) is 57.5 cm³/mol. The molecule has 0 aliphatic carbocycles. The second kappa shape index (κ2) is 7.21. The fourth-order valence-electron chi connectivity index (χ4n) is 1.81. The minimum atomic E-state index is 0.353. The zero-order chi connectivity index (χ0) is 10.2. The van der Waals surface area contributed by atoms with E-state index in [1.54, 1.807) is 0 Å². The Labute approximate surface area is 87.2 Å². The van der Waals surface area contributed by atoms with Crippen molar-refractivity contribution < 1.29 is 9.47 Å². The smallest absolute Gasteiger partial charge is 0.0809 e. The molecule has 0 radical (unpaired) electrons. The molecule has 1 fully saturated rings. The van der Waals surface area contributed by atoms with Crippen molar-refractivity contribution in [3.8, 4) is 0 Å². The maximum Gasteiger partial charge on any atom is 0.0809 e. The molecule has 0 spiro atoms. The highest BCUT2D eigenvalue weighted by Crippen LogP contribution is 2.13. The molecule has 3 nitrogen and oxygen atoms in total. The number of rotatable bonds is 7. The van der Waals surface area contributed by atoms with Gasteiger partial charge in [-0.3, -0.25) is 0 Å². The molecular weight excluding hydrogens is 178 g/mol. The quantitative estimate of drug-likeness (QED) is 0.678. The van der Waals surface area contributed by atoms with Crippen molar-refractivity contribution in [2.24, 2.45) is 0 Å². The first kappa shape index (κ1) is 12.0. The molecule has 3 heteroatoms. The van der Waals surface area contributed by atoms with Gasteiger partial charge in [-0.1, -0.05) is 13.3 Å². The van der Waals surface area contributed by atoms with Gasteiger partial charge in [-0.05, 0) is 26.3 Å². The van der Waals surface area contributed by atoms with Crippen LogP contribution in [0, 0.1) is 0 Å². The van der Waals surface area contributed by atoms with Crippen LogP contribution >= 0.6 is 0 Å². The molecule has 1 aliphatic heterocycles. The lowest BCUT2D eigenvalue weighted by atomic mass is 10.2. The van der Waals surface area contributed by atoms with Crippen LogP contribution in [0.4, 0.5) is 0 Å². The second-order valence-corrected chi connectivity index (χ2v) is 3.94. The van der Waals surface area contributed by atoms with E-state index in [1.165, 1.54) is 19.3 Å². The summed E-state index contributed by atoms with van der Waals surface area (Å²) in [4.78, 5) is 0. The standard InChI is InChI=1S/C11H23NO2/c1-3-5-10(8-12-2)14-9-11-6-4-7-13-11/h10-12H,3-9H2,1-2H3. The van der Waals surface area contributed by atoms with Crippen LogP contribution in [0.25, 0.3) is 0 Å². The van der Waals surface area contributed by atoms with Crippen LogP contribution in [-0.2, 0) is 9.47 Å². The normalized spacial score (nSPS) is 24.0. The van der Waals surface area contributed by atoms with Crippen molar-refractivity contribution in [2.75, 3.05) is 26.8 Å². The minimum Gasteiger partial charge on any atom is -0.376 e. The largest absolute Gasteiger partial charge is 0.376 e. The van der Waals surface area contributed by atoms with Gasteiger partial charge in [-0.15, -0.1) is 0 Å². The highest BCUT2D eigenvalue weighted by atomic mass is 16.5. The van der Waals surface area contributed by atoms with Crippen LogP contribution in [0.3, 0.4) is 0 Å². The van der Waals surface area contributed by atoms with Crippen molar-refractivity contribution in [3.05, 3.63) is 0 Å². The molecule has 2 atom stereocenters. The molecule has 0 aromatic rings. The van der Waals surface area contributed by atoms with Gasteiger partial charge in [0.2, 0.25) is 0 Å². The number of nitrogens with one attached hydrogen (secondary N) is 1. The van der Waals surface area contributed by atoms with Crippen molar-refractivity contribution in [1.29, 1.82) is 0 Å². The van der Waals surface area contributed by atoms with E-state index in [0.717, 1.165) is 26.2 Å². The monoisotopic (exact) mass is 201 g/mol. The third-order valence-electron chi connectivity index (χ3n) is 2.58. The third kappa shape index (κ3) is 4.40. The van der Waals surface area contributed by atoms with Crippen molar-refractivity contribution >= 4 is 0 Å². The summed E-state index contributed by atoms with van der Waals surface area (Å²) in [5.74, 6) is 0. The Morgan fingerprint density at radius 1 is 1.57 bits per heavy atom. The Hall–Kier alpha value is -0.120. The number of hydrogen-bond donors (Lipinski definition) is 1. The zero-order valence-electron chi connectivity index (χ0n) is 9.42. The summed E-state index contributed by atoms with van der Waals surface area (Å²) in [6.45, 7) is 4.82. The van der Waals surface area contributed by atoms with Gasteiger partial charge < -0.3 is 14.8 Å². The highest BCUT2D eigenvalue weighted by molar-refractivity contribution is 4.66. The molecule has 2 unspecified atom stereocenters. The molecule has 1 rings (SSSR count). The average Bonchev–Trinajstić information content (AvgIpc) is 2.67. The van der Waals surface area contributed by atoms with Crippen molar-refractivity contribution in [2.45, 2.75) is 44.8 Å². The molecule has 1 aliphatic rings. The second-order valence-electron chi connectivity index (χ2n) is 3.94. The van der Waals surface area contributed by atoms with Gasteiger partial charge in [-0.25, -0.2) is 0 Å². The van der Waals surface area contributed by atoms with E-state index in [2.05, 4.69) is 12.2 Å². The molecule has 14 heavy (non-hydrogen) atoms. The lowest BCUT2D eigenvalue weighted by Crippen LogP contribution is -2.29. The molecule has 84 valence electrons. The molecule has 0 aromatic heterocycles. The van der Waals surface area contributed by atoms with Crippen LogP contribution in [0.15, 0.2) is 0 Å². The predicted octanol–water partition coefficient (Wildman–Crippen LogP) is 1.57. The van der Waals surface area contributed by atoms with Crippen molar-refractivity contribution in [3.63, 3.8) is 0 Å². The Kier molecular flexibility index (Phi) is 6.15. The number of ether oxygens (including phenoxy) is 2. The van der Waals surface area contributed by atoms with Gasteiger partial charge in [-0.2, -0.15) is 0 Å². The maximum absolute atomic E-state index is 5.82. The molecule has 0 bridgehead atoms. The van der Waals surface area contributed by atoms with E-state index < -0.39 is 0 Å². The third-order valence-corrected chi connectivity index (χ3v) is 2.58. The lowest BCUT2D eigenvalue weighted by Gasteiger charge is -2.19. The number of likely N-dealkylation sites (N-methyl/N-ethyl adjacent to an activating group) is 1.